The molecule has 260 valence electrons. The van der Waals surface area contributed by atoms with Crippen molar-refractivity contribution in [2.24, 2.45) is 45.3 Å². The van der Waals surface area contributed by atoms with Gasteiger partial charge in [0, 0.05) is 0 Å². The highest BCUT2D eigenvalue weighted by Crippen LogP contribution is 2.76. The van der Waals surface area contributed by atoms with Crippen molar-refractivity contribution in [1.82, 2.24) is 0 Å². The molecule has 1 heterocycles. The molecule has 4 aliphatic carbocycles. The molecule has 5 fully saturated rings. The maximum absolute atomic E-state index is 12.2. The van der Waals surface area contributed by atoms with E-state index in [2.05, 4.69) is 41.2 Å². The van der Waals surface area contributed by atoms with Crippen LogP contribution in [0.15, 0.2) is 12.2 Å². The Kier molecular flexibility index (Phi) is 9.56. The highest BCUT2D eigenvalue weighted by Gasteiger charge is 2.73. The molecule has 0 amide bonds. The van der Waals surface area contributed by atoms with Gasteiger partial charge in [-0.25, -0.2) is 0 Å². The quantitative estimate of drug-likeness (QED) is 0.198. The van der Waals surface area contributed by atoms with Crippen LogP contribution >= 0.6 is 0 Å². The third-order valence-corrected chi connectivity index (χ3v) is 14.5. The predicted octanol–water partition coefficient (Wildman–Crippen LogP) is 3.30. The van der Waals surface area contributed by atoms with Gasteiger partial charge in [0.2, 0.25) is 0 Å². The Balaban J connectivity index is 1.50. The zero-order valence-electron chi connectivity index (χ0n) is 28.7. The fourth-order valence-corrected chi connectivity index (χ4v) is 12.1. The molecule has 0 unspecified atom stereocenters. The zero-order valence-corrected chi connectivity index (χ0v) is 28.7. The van der Waals surface area contributed by atoms with Gasteiger partial charge in [0.15, 0.2) is 6.29 Å². The Morgan fingerprint density at radius 2 is 1.58 bits per heavy atom. The summed E-state index contributed by atoms with van der Waals surface area (Å²) in [5.74, 6) is -0.160. The minimum Gasteiger partial charge on any atom is -0.394 e. The molecular formula is C36H62O9. The van der Waals surface area contributed by atoms with E-state index in [-0.39, 0.29) is 39.9 Å². The number of hydrogen-bond acceptors (Lipinski definition) is 9. The van der Waals surface area contributed by atoms with Crippen LogP contribution in [0.25, 0.3) is 0 Å². The van der Waals surface area contributed by atoms with Gasteiger partial charge in [-0.15, -0.1) is 6.58 Å². The molecule has 4 saturated carbocycles. The van der Waals surface area contributed by atoms with Crippen LogP contribution in [0.4, 0.5) is 0 Å². The third kappa shape index (κ3) is 5.39. The molecule has 45 heavy (non-hydrogen) atoms. The van der Waals surface area contributed by atoms with Crippen LogP contribution in [0.3, 0.4) is 0 Å². The lowest BCUT2D eigenvalue weighted by atomic mass is 9.34. The molecule has 0 radical (unpaired) electrons. The summed E-state index contributed by atoms with van der Waals surface area (Å²) in [6.07, 6.45) is -1.99. The lowest BCUT2D eigenvalue weighted by molar-refractivity contribution is -0.337. The molecule has 0 aromatic rings. The Morgan fingerprint density at radius 1 is 0.911 bits per heavy atom. The predicted molar refractivity (Wildman–Crippen MR) is 170 cm³/mol. The fourth-order valence-electron chi connectivity index (χ4n) is 12.1. The van der Waals surface area contributed by atoms with Crippen LogP contribution in [0.5, 0.6) is 0 Å². The second kappa shape index (κ2) is 12.1. The van der Waals surface area contributed by atoms with Gasteiger partial charge >= 0.3 is 0 Å². The second-order valence-electron chi connectivity index (χ2n) is 17.4. The van der Waals surface area contributed by atoms with Crippen LogP contribution in [0.1, 0.15) is 106 Å². The summed E-state index contributed by atoms with van der Waals surface area (Å²) in [4.78, 5) is 0. The van der Waals surface area contributed by atoms with Crippen LogP contribution in [-0.2, 0) is 9.47 Å². The minimum absolute atomic E-state index is 0.0710. The first-order chi connectivity index (χ1) is 20.8. The molecule has 0 aromatic carbocycles. The maximum atomic E-state index is 12.2. The van der Waals surface area contributed by atoms with E-state index in [1.165, 1.54) is 0 Å². The maximum Gasteiger partial charge on any atom is 0.187 e. The van der Waals surface area contributed by atoms with Crippen molar-refractivity contribution >= 4 is 0 Å². The standard InChI is InChI=1S/C36H62O9/c1-19(2)10-9-13-36(8,45-31-29(43)28(42)27(41)23(18-37)44-31)20-11-15-34(6)26(20)21(38)16-24-33(5)14-12-25(40)32(3,4)30(33)22(39)17-35(24,34)7/h20-31,37-43H,1,9-18H2,2-8H3/t20-,21+,22-,23+,24+,25-,26-,27+,28-,29+,30-,31-,33+,34+,35+,36-/m0/s1. The SMILES string of the molecule is C=C(C)CCC[C@](C)(O[C@@H]1O[C@H](CO)[C@@H](O)[C@H](O)[C@H]1O)[C@H]1CC[C@]2(C)[C@@H]1[C@H](O)C[C@@H]1[C@@]3(C)CC[C@H](O)C(C)(C)[C@@H]3[C@@H](O)C[C@]12C. The number of allylic oxidation sites excluding steroid dienone is 1. The van der Waals surface area contributed by atoms with Crippen molar-refractivity contribution in [3.63, 3.8) is 0 Å². The van der Waals surface area contributed by atoms with Crippen molar-refractivity contribution in [1.29, 1.82) is 0 Å². The average Bonchev–Trinajstić information content (AvgIpc) is 3.33. The smallest absolute Gasteiger partial charge is 0.187 e. The lowest BCUT2D eigenvalue weighted by Crippen LogP contribution is -2.70. The van der Waals surface area contributed by atoms with E-state index in [1.54, 1.807) is 0 Å². The van der Waals surface area contributed by atoms with Crippen LogP contribution in [-0.4, -0.2) is 97.0 Å². The van der Waals surface area contributed by atoms with Crippen molar-refractivity contribution in [2.75, 3.05) is 6.61 Å². The normalized spacial score (nSPS) is 52.3. The molecule has 0 aromatic heterocycles. The van der Waals surface area contributed by atoms with Gasteiger partial charge in [0.25, 0.3) is 0 Å². The highest BCUT2D eigenvalue weighted by atomic mass is 16.7. The molecule has 0 bridgehead atoms. The lowest BCUT2D eigenvalue weighted by Gasteiger charge is -2.71. The Morgan fingerprint density at radius 3 is 2.20 bits per heavy atom. The second-order valence-corrected chi connectivity index (χ2v) is 17.4. The molecular weight excluding hydrogens is 576 g/mol. The van der Waals surface area contributed by atoms with E-state index in [0.29, 0.717) is 25.7 Å². The average molecular weight is 639 g/mol. The van der Waals surface area contributed by atoms with Crippen molar-refractivity contribution in [2.45, 2.75) is 161 Å². The van der Waals surface area contributed by atoms with Crippen LogP contribution in [0.2, 0.25) is 0 Å². The summed E-state index contributed by atoms with van der Waals surface area (Å²) in [6.45, 7) is 18.7. The van der Waals surface area contributed by atoms with Gasteiger partial charge in [-0.1, -0.05) is 40.2 Å². The van der Waals surface area contributed by atoms with Gasteiger partial charge in [0.05, 0.1) is 30.5 Å². The summed E-state index contributed by atoms with van der Waals surface area (Å²) >= 11 is 0. The number of hydrogen-bond donors (Lipinski definition) is 7. The summed E-state index contributed by atoms with van der Waals surface area (Å²) in [5, 5.41) is 76.9. The topological polar surface area (TPSA) is 160 Å². The molecule has 5 aliphatic rings. The summed E-state index contributed by atoms with van der Waals surface area (Å²) in [5.41, 5.74) is -1.07. The highest BCUT2D eigenvalue weighted by molar-refractivity contribution is 5.21. The minimum atomic E-state index is -1.54. The van der Waals surface area contributed by atoms with Gasteiger partial charge < -0.3 is 45.2 Å². The van der Waals surface area contributed by atoms with Crippen molar-refractivity contribution < 1.29 is 45.2 Å². The Bertz CT molecular complexity index is 1100. The van der Waals surface area contributed by atoms with Crippen LogP contribution in [0, 0.1) is 45.3 Å². The molecule has 1 aliphatic heterocycles. The van der Waals surface area contributed by atoms with E-state index >= 15 is 0 Å². The van der Waals surface area contributed by atoms with Gasteiger partial charge in [0.1, 0.15) is 24.4 Å². The molecule has 1 saturated heterocycles. The first kappa shape index (κ1) is 35.7. The summed E-state index contributed by atoms with van der Waals surface area (Å²) < 4.78 is 12.6. The fraction of sp³-hybridized carbons (Fsp3) is 0.944. The van der Waals surface area contributed by atoms with Crippen molar-refractivity contribution in [3.8, 4) is 0 Å². The number of ether oxygens (including phenoxy) is 2. The van der Waals surface area contributed by atoms with E-state index in [9.17, 15) is 35.7 Å². The Labute approximate surface area is 270 Å². The van der Waals surface area contributed by atoms with E-state index < -0.39 is 66.6 Å². The molecule has 16 atom stereocenters. The molecule has 7 N–H and O–H groups in total. The van der Waals surface area contributed by atoms with Gasteiger partial charge in [-0.05, 0) is 117 Å². The van der Waals surface area contributed by atoms with E-state index in [4.69, 9.17) is 9.47 Å². The third-order valence-electron chi connectivity index (χ3n) is 14.5. The first-order valence-electron chi connectivity index (χ1n) is 17.5. The largest absolute Gasteiger partial charge is 0.394 e. The first-order valence-corrected chi connectivity index (χ1v) is 17.5. The Hall–Kier alpha value is -0.620. The number of aliphatic hydroxyl groups is 7. The van der Waals surface area contributed by atoms with E-state index in [1.807, 2.05) is 13.8 Å². The summed E-state index contributed by atoms with van der Waals surface area (Å²) in [6, 6.07) is 0. The van der Waals surface area contributed by atoms with Crippen LogP contribution < -0.4 is 0 Å². The number of aliphatic hydroxyl groups excluding tert-OH is 7. The molecule has 9 nitrogen and oxygen atoms in total. The van der Waals surface area contributed by atoms with Gasteiger partial charge in [-0.3, -0.25) is 0 Å². The van der Waals surface area contributed by atoms with Gasteiger partial charge in [-0.2, -0.15) is 0 Å². The molecule has 0 spiro atoms. The number of fused-ring (bicyclic) bond motifs is 5. The number of rotatable bonds is 8. The monoisotopic (exact) mass is 638 g/mol. The van der Waals surface area contributed by atoms with Crippen molar-refractivity contribution in [3.05, 3.63) is 12.2 Å². The van der Waals surface area contributed by atoms with E-state index in [0.717, 1.165) is 37.7 Å². The summed E-state index contributed by atoms with van der Waals surface area (Å²) in [7, 11) is 0. The molecule has 5 rings (SSSR count). The zero-order chi connectivity index (χ0) is 33.5. The molecule has 9 heteroatoms.